The Morgan fingerprint density at radius 1 is 1.17 bits per heavy atom. The largest absolute Gasteiger partial charge is 0.279 e. The zero-order valence-electron chi connectivity index (χ0n) is 9.28. The first-order valence-electron chi connectivity index (χ1n) is 4.93. The number of nitrogens with one attached hydrogen (secondary N) is 1. The lowest BCUT2D eigenvalue weighted by molar-refractivity contribution is 0.603. The van der Waals surface area contributed by atoms with E-state index >= 15 is 0 Å². The van der Waals surface area contributed by atoms with Gasteiger partial charge in [0, 0.05) is 5.02 Å². The molecule has 0 spiro atoms. The number of rotatable bonds is 3. The molecule has 2 aromatic rings. The minimum Gasteiger partial charge on any atom is -0.279 e. The van der Waals surface area contributed by atoms with Crippen LogP contribution in [0.2, 0.25) is 9.36 Å². The van der Waals surface area contributed by atoms with Gasteiger partial charge in [0.1, 0.15) is 4.21 Å². The molecule has 0 fully saturated rings. The average molecular weight is 322 g/mol. The molecule has 0 amide bonds. The van der Waals surface area contributed by atoms with E-state index < -0.39 is 10.0 Å². The Bertz CT molecular complexity index is 680. The van der Waals surface area contributed by atoms with Crippen molar-refractivity contribution in [3.63, 3.8) is 0 Å². The minimum atomic E-state index is -3.59. The number of sulfonamides is 1. The Labute approximate surface area is 119 Å². The molecule has 0 unspecified atom stereocenters. The molecule has 2 rings (SSSR count). The van der Waals surface area contributed by atoms with Gasteiger partial charge in [-0.05, 0) is 42.8 Å². The summed E-state index contributed by atoms with van der Waals surface area (Å²) in [6.45, 7) is 1.78. The number of aryl methyl sites for hydroxylation is 1. The zero-order valence-corrected chi connectivity index (χ0v) is 12.4. The van der Waals surface area contributed by atoms with Crippen molar-refractivity contribution >= 4 is 50.2 Å². The molecule has 7 heteroatoms. The van der Waals surface area contributed by atoms with Crippen LogP contribution in [0.3, 0.4) is 0 Å². The van der Waals surface area contributed by atoms with Gasteiger partial charge in [0.15, 0.2) is 0 Å². The summed E-state index contributed by atoms with van der Waals surface area (Å²) in [4.78, 5) is 0. The maximum Gasteiger partial charge on any atom is 0.271 e. The molecule has 3 nitrogen and oxygen atoms in total. The van der Waals surface area contributed by atoms with Gasteiger partial charge in [0.2, 0.25) is 0 Å². The fourth-order valence-corrected chi connectivity index (χ4v) is 4.22. The van der Waals surface area contributed by atoms with Crippen molar-refractivity contribution in [2.24, 2.45) is 0 Å². The van der Waals surface area contributed by atoms with E-state index in [9.17, 15) is 8.42 Å². The van der Waals surface area contributed by atoms with E-state index in [0.29, 0.717) is 15.0 Å². The van der Waals surface area contributed by atoms with Gasteiger partial charge in [-0.2, -0.15) is 0 Å². The van der Waals surface area contributed by atoms with E-state index in [4.69, 9.17) is 23.2 Å². The fourth-order valence-electron chi connectivity index (χ4n) is 1.38. The predicted molar refractivity (Wildman–Crippen MR) is 76.3 cm³/mol. The summed E-state index contributed by atoms with van der Waals surface area (Å²) in [5.41, 5.74) is 1.26. The monoisotopic (exact) mass is 321 g/mol. The van der Waals surface area contributed by atoms with Gasteiger partial charge in [-0.25, -0.2) is 8.42 Å². The number of hydrogen-bond donors (Lipinski definition) is 1. The molecule has 0 aliphatic rings. The number of hydrogen-bond acceptors (Lipinski definition) is 3. The molecule has 1 heterocycles. The smallest absolute Gasteiger partial charge is 0.271 e. The van der Waals surface area contributed by atoms with Crippen LogP contribution in [0.5, 0.6) is 0 Å². The number of thiophene rings is 1. The van der Waals surface area contributed by atoms with Gasteiger partial charge in [-0.3, -0.25) is 4.72 Å². The maximum atomic E-state index is 12.1. The lowest BCUT2D eigenvalue weighted by Gasteiger charge is -2.09. The minimum absolute atomic E-state index is 0.182. The standard InChI is InChI=1S/C11H9Cl2NO2S2/c1-7-6-8(12)2-3-9(7)14-18(15,16)11-5-4-10(13)17-11/h2-6,14H,1H3. The van der Waals surface area contributed by atoms with E-state index in [2.05, 4.69) is 4.72 Å². The predicted octanol–water partition coefficient (Wildman–Crippen LogP) is 4.16. The van der Waals surface area contributed by atoms with Crippen LogP contribution in [0.25, 0.3) is 0 Å². The fraction of sp³-hybridized carbons (Fsp3) is 0.0909. The summed E-state index contributed by atoms with van der Waals surface area (Å²) < 4.78 is 27.2. The molecule has 1 aromatic heterocycles. The average Bonchev–Trinajstić information content (AvgIpc) is 2.70. The summed E-state index contributed by atoms with van der Waals surface area (Å²) in [5, 5.41) is 0.564. The quantitative estimate of drug-likeness (QED) is 0.922. The van der Waals surface area contributed by atoms with Crippen molar-refractivity contribution in [3.8, 4) is 0 Å². The van der Waals surface area contributed by atoms with Crippen molar-refractivity contribution in [2.75, 3.05) is 4.72 Å². The molecule has 0 radical (unpaired) electrons. The van der Waals surface area contributed by atoms with E-state index in [1.165, 1.54) is 6.07 Å². The molecule has 1 N–H and O–H groups in total. The Hall–Kier alpha value is -0.750. The molecule has 96 valence electrons. The van der Waals surface area contributed by atoms with Crippen LogP contribution in [0.1, 0.15) is 5.56 Å². The van der Waals surface area contributed by atoms with Crippen LogP contribution in [-0.4, -0.2) is 8.42 Å². The molecule has 0 atom stereocenters. The van der Waals surface area contributed by atoms with Gasteiger partial charge in [-0.15, -0.1) is 11.3 Å². The molecular weight excluding hydrogens is 313 g/mol. The second-order valence-corrected chi connectivity index (χ2v) is 7.68. The SMILES string of the molecule is Cc1cc(Cl)ccc1NS(=O)(=O)c1ccc(Cl)s1. The van der Waals surface area contributed by atoms with Gasteiger partial charge in [0.25, 0.3) is 10.0 Å². The van der Waals surface area contributed by atoms with Gasteiger partial charge in [0.05, 0.1) is 10.0 Å². The van der Waals surface area contributed by atoms with Gasteiger partial charge < -0.3 is 0 Å². The van der Waals surface area contributed by atoms with E-state index in [0.717, 1.165) is 16.9 Å². The molecule has 18 heavy (non-hydrogen) atoms. The summed E-state index contributed by atoms with van der Waals surface area (Å²) in [6.07, 6.45) is 0. The summed E-state index contributed by atoms with van der Waals surface area (Å²) >= 11 is 12.6. The second kappa shape index (κ2) is 5.09. The lowest BCUT2D eigenvalue weighted by Crippen LogP contribution is -2.12. The summed E-state index contributed by atoms with van der Waals surface area (Å²) in [7, 11) is -3.59. The highest BCUT2D eigenvalue weighted by Crippen LogP contribution is 2.28. The molecule has 0 bridgehead atoms. The van der Waals surface area contributed by atoms with Crippen molar-refractivity contribution in [1.29, 1.82) is 0 Å². The maximum absolute atomic E-state index is 12.1. The number of halogens is 2. The third-order valence-corrected chi connectivity index (χ3v) is 5.57. The zero-order chi connectivity index (χ0) is 13.3. The lowest BCUT2D eigenvalue weighted by atomic mass is 10.2. The Balaban J connectivity index is 2.33. The first-order valence-corrected chi connectivity index (χ1v) is 7.98. The van der Waals surface area contributed by atoms with Gasteiger partial charge in [-0.1, -0.05) is 23.2 Å². The first-order chi connectivity index (χ1) is 8.38. The summed E-state index contributed by atoms with van der Waals surface area (Å²) in [5.74, 6) is 0. The van der Waals surface area contributed by atoms with Crippen LogP contribution >= 0.6 is 34.5 Å². The molecule has 0 saturated heterocycles. The Kier molecular flexibility index (Phi) is 3.87. The number of benzene rings is 1. The molecule has 0 saturated carbocycles. The van der Waals surface area contributed by atoms with E-state index in [1.54, 1.807) is 31.2 Å². The molecule has 0 aliphatic heterocycles. The summed E-state index contributed by atoms with van der Waals surface area (Å²) in [6, 6.07) is 7.98. The normalized spacial score (nSPS) is 11.5. The van der Waals surface area contributed by atoms with Crippen LogP contribution in [0, 0.1) is 6.92 Å². The van der Waals surface area contributed by atoms with Gasteiger partial charge >= 0.3 is 0 Å². The van der Waals surface area contributed by atoms with Crippen LogP contribution < -0.4 is 4.72 Å². The van der Waals surface area contributed by atoms with Crippen molar-refractivity contribution in [3.05, 3.63) is 45.3 Å². The Morgan fingerprint density at radius 2 is 1.89 bits per heavy atom. The van der Waals surface area contributed by atoms with Crippen molar-refractivity contribution < 1.29 is 8.42 Å². The third-order valence-electron chi connectivity index (χ3n) is 2.25. The highest BCUT2D eigenvalue weighted by atomic mass is 35.5. The van der Waals surface area contributed by atoms with Crippen LogP contribution in [0.4, 0.5) is 5.69 Å². The van der Waals surface area contributed by atoms with E-state index in [-0.39, 0.29) is 4.21 Å². The van der Waals surface area contributed by atoms with Crippen molar-refractivity contribution in [1.82, 2.24) is 0 Å². The first kappa shape index (κ1) is 13.7. The molecule has 0 aliphatic carbocycles. The second-order valence-electron chi connectivity index (χ2n) is 3.62. The Morgan fingerprint density at radius 3 is 2.44 bits per heavy atom. The van der Waals surface area contributed by atoms with Crippen molar-refractivity contribution in [2.45, 2.75) is 11.1 Å². The molecular formula is C11H9Cl2NO2S2. The van der Waals surface area contributed by atoms with E-state index in [1.807, 2.05) is 0 Å². The third kappa shape index (κ3) is 2.98. The highest BCUT2D eigenvalue weighted by molar-refractivity contribution is 7.94. The van der Waals surface area contributed by atoms with Crippen LogP contribution in [0.15, 0.2) is 34.5 Å². The van der Waals surface area contributed by atoms with Crippen LogP contribution in [-0.2, 0) is 10.0 Å². The highest BCUT2D eigenvalue weighted by Gasteiger charge is 2.17. The number of anilines is 1. The topological polar surface area (TPSA) is 46.2 Å². The molecule has 1 aromatic carbocycles.